The number of benzene rings is 2. The Hall–Kier alpha value is -1.26. The third kappa shape index (κ3) is 2.76. The van der Waals surface area contributed by atoms with Gasteiger partial charge in [-0.25, -0.2) is 8.78 Å². The Labute approximate surface area is 111 Å². The Bertz CT molecular complexity index is 601. The lowest BCUT2D eigenvalue weighted by atomic mass is 10.2. The summed E-state index contributed by atoms with van der Waals surface area (Å²) in [6.45, 7) is 0. The molecule has 0 aromatic heterocycles. The predicted molar refractivity (Wildman–Crippen MR) is 67.9 cm³/mol. The quantitative estimate of drug-likeness (QED) is 0.836. The van der Waals surface area contributed by atoms with E-state index in [9.17, 15) is 13.0 Å². The van der Waals surface area contributed by atoms with Crippen molar-refractivity contribution in [1.29, 1.82) is 0 Å². The molecule has 0 radical (unpaired) electrons. The van der Waals surface area contributed by atoms with Gasteiger partial charge in [0.25, 0.3) is 0 Å². The monoisotopic (exact) mass is 286 g/mol. The zero-order chi connectivity index (χ0) is 13.1. The smallest absolute Gasteiger partial charge is 0.142 e. The predicted octanol–water partition coefficient (Wildman–Crippen LogP) is 3.93. The first kappa shape index (κ1) is 13.2. The van der Waals surface area contributed by atoms with Crippen LogP contribution in [0.2, 0.25) is 5.02 Å². The summed E-state index contributed by atoms with van der Waals surface area (Å²) in [5, 5.41) is -0.0674. The molecule has 0 heterocycles. The van der Waals surface area contributed by atoms with Gasteiger partial charge >= 0.3 is 0 Å². The van der Waals surface area contributed by atoms with Gasteiger partial charge in [0, 0.05) is 0 Å². The van der Waals surface area contributed by atoms with Crippen molar-refractivity contribution in [1.82, 2.24) is 0 Å². The van der Waals surface area contributed by atoms with Gasteiger partial charge in [-0.05, 0) is 23.8 Å². The van der Waals surface area contributed by atoms with Gasteiger partial charge in [0.05, 0.1) is 26.5 Å². The van der Waals surface area contributed by atoms with Crippen molar-refractivity contribution >= 4 is 22.4 Å². The van der Waals surface area contributed by atoms with E-state index in [0.717, 1.165) is 0 Å². The van der Waals surface area contributed by atoms with Crippen LogP contribution in [0.25, 0.3) is 0 Å². The van der Waals surface area contributed by atoms with Gasteiger partial charge in [-0.2, -0.15) is 0 Å². The molecule has 0 aliphatic heterocycles. The van der Waals surface area contributed by atoms with Crippen LogP contribution < -0.4 is 0 Å². The molecule has 2 rings (SSSR count). The van der Waals surface area contributed by atoms with Crippen LogP contribution in [-0.2, 0) is 16.6 Å². The second kappa shape index (κ2) is 5.59. The maximum atomic E-state index is 13.4. The van der Waals surface area contributed by atoms with E-state index >= 15 is 0 Å². The Morgan fingerprint density at radius 3 is 2.39 bits per heavy atom. The summed E-state index contributed by atoms with van der Waals surface area (Å²) in [4.78, 5) is 0.0952. The average molecular weight is 287 g/mol. The minimum absolute atomic E-state index is 0.0163. The van der Waals surface area contributed by atoms with E-state index in [1.54, 1.807) is 12.1 Å². The van der Waals surface area contributed by atoms with Crippen LogP contribution >= 0.6 is 11.6 Å². The first-order valence-corrected chi connectivity index (χ1v) is 6.85. The van der Waals surface area contributed by atoms with Crippen molar-refractivity contribution in [2.24, 2.45) is 0 Å². The molecule has 0 amide bonds. The third-order valence-electron chi connectivity index (χ3n) is 2.40. The molecule has 5 heteroatoms. The maximum Gasteiger partial charge on any atom is 0.142 e. The van der Waals surface area contributed by atoms with Crippen LogP contribution in [0.5, 0.6) is 0 Å². The Morgan fingerprint density at radius 2 is 1.67 bits per heavy atom. The molecule has 0 aliphatic carbocycles. The lowest BCUT2D eigenvalue weighted by molar-refractivity contribution is 0.595. The van der Waals surface area contributed by atoms with E-state index in [0.29, 0.717) is 5.56 Å². The Balaban J connectivity index is 2.27. The van der Waals surface area contributed by atoms with Gasteiger partial charge in [-0.1, -0.05) is 35.9 Å². The molecular formula is C13H9ClF2OS. The molecule has 0 spiro atoms. The third-order valence-corrected chi connectivity index (χ3v) is 4.22. The highest BCUT2D eigenvalue weighted by atomic mass is 35.5. The van der Waals surface area contributed by atoms with Gasteiger partial charge in [-0.3, -0.25) is 4.21 Å². The zero-order valence-corrected chi connectivity index (χ0v) is 10.8. The van der Waals surface area contributed by atoms with Gasteiger partial charge < -0.3 is 0 Å². The van der Waals surface area contributed by atoms with Crippen molar-refractivity contribution in [2.75, 3.05) is 0 Å². The lowest BCUT2D eigenvalue weighted by Crippen LogP contribution is -2.00. The lowest BCUT2D eigenvalue weighted by Gasteiger charge is -2.06. The normalized spacial score (nSPS) is 12.4. The highest BCUT2D eigenvalue weighted by Gasteiger charge is 2.13. The molecule has 0 fully saturated rings. The summed E-state index contributed by atoms with van der Waals surface area (Å²) in [5.74, 6) is -1.12. The fourth-order valence-electron chi connectivity index (χ4n) is 1.51. The fourth-order valence-corrected chi connectivity index (χ4v) is 2.97. The molecule has 0 aliphatic rings. The van der Waals surface area contributed by atoms with Crippen LogP contribution in [0.15, 0.2) is 47.4 Å². The van der Waals surface area contributed by atoms with Crippen molar-refractivity contribution in [2.45, 2.75) is 10.6 Å². The Kier molecular flexibility index (Phi) is 4.09. The Morgan fingerprint density at radius 1 is 1.00 bits per heavy atom. The van der Waals surface area contributed by atoms with Crippen LogP contribution in [0.3, 0.4) is 0 Å². The minimum atomic E-state index is -1.59. The molecular weight excluding hydrogens is 278 g/mol. The summed E-state index contributed by atoms with van der Waals surface area (Å²) >= 11 is 5.76. The largest absolute Gasteiger partial charge is 0.254 e. The van der Waals surface area contributed by atoms with E-state index in [1.807, 2.05) is 0 Å². The molecule has 0 N–H and O–H groups in total. The number of hydrogen-bond donors (Lipinski definition) is 0. The number of halogens is 3. The van der Waals surface area contributed by atoms with E-state index in [4.69, 9.17) is 11.6 Å². The first-order valence-electron chi connectivity index (χ1n) is 5.15. The summed E-state index contributed by atoms with van der Waals surface area (Å²) in [7, 11) is -1.59. The van der Waals surface area contributed by atoms with Crippen molar-refractivity contribution in [3.05, 3.63) is 64.7 Å². The van der Waals surface area contributed by atoms with Crippen molar-refractivity contribution in [3.8, 4) is 0 Å². The summed E-state index contributed by atoms with van der Waals surface area (Å²) in [5.41, 5.74) is 0.401. The molecule has 0 saturated heterocycles. The second-order valence-electron chi connectivity index (χ2n) is 3.63. The molecule has 94 valence electrons. The topological polar surface area (TPSA) is 17.1 Å². The average Bonchev–Trinajstić information content (AvgIpc) is 2.35. The molecule has 1 nitrogen and oxygen atoms in total. The van der Waals surface area contributed by atoms with E-state index < -0.39 is 22.4 Å². The fraction of sp³-hybridized carbons (Fsp3) is 0.0769. The van der Waals surface area contributed by atoms with Crippen LogP contribution in [0.4, 0.5) is 8.78 Å². The molecule has 0 bridgehead atoms. The second-order valence-corrected chi connectivity index (χ2v) is 5.43. The van der Waals surface area contributed by atoms with Crippen LogP contribution in [0.1, 0.15) is 5.56 Å². The first-order chi connectivity index (χ1) is 8.59. The molecule has 1 unspecified atom stereocenters. The molecule has 0 saturated carbocycles. The summed E-state index contributed by atoms with van der Waals surface area (Å²) < 4.78 is 38.6. The van der Waals surface area contributed by atoms with Crippen molar-refractivity contribution < 1.29 is 13.0 Å². The highest BCUT2D eigenvalue weighted by Crippen LogP contribution is 2.23. The van der Waals surface area contributed by atoms with Gasteiger partial charge in [-0.15, -0.1) is 0 Å². The molecule has 2 aromatic carbocycles. The van der Waals surface area contributed by atoms with Crippen LogP contribution in [0, 0.1) is 11.6 Å². The summed E-state index contributed by atoms with van der Waals surface area (Å²) in [6.07, 6.45) is 0. The molecule has 1 atom stereocenters. The highest BCUT2D eigenvalue weighted by molar-refractivity contribution is 7.84. The van der Waals surface area contributed by atoms with E-state index in [-0.39, 0.29) is 15.7 Å². The summed E-state index contributed by atoms with van der Waals surface area (Å²) in [6, 6.07) is 10.1. The van der Waals surface area contributed by atoms with Gasteiger partial charge in [0.2, 0.25) is 0 Å². The van der Waals surface area contributed by atoms with Crippen molar-refractivity contribution in [3.63, 3.8) is 0 Å². The SMILES string of the molecule is O=S(Cc1cccc(F)c1Cl)c1ccccc1F. The number of hydrogen-bond acceptors (Lipinski definition) is 1. The zero-order valence-electron chi connectivity index (χ0n) is 9.20. The van der Waals surface area contributed by atoms with Gasteiger partial charge in [0.15, 0.2) is 0 Å². The standard InChI is InChI=1S/C13H9ClF2OS/c14-13-9(4-3-6-11(13)16)8-18(17)12-7-2-1-5-10(12)15/h1-7H,8H2. The minimum Gasteiger partial charge on any atom is -0.254 e. The van der Waals surface area contributed by atoms with Gasteiger partial charge in [0.1, 0.15) is 11.6 Å². The molecule has 2 aromatic rings. The van der Waals surface area contributed by atoms with E-state index in [2.05, 4.69) is 0 Å². The van der Waals surface area contributed by atoms with E-state index in [1.165, 1.54) is 30.3 Å². The maximum absolute atomic E-state index is 13.4. The molecule has 18 heavy (non-hydrogen) atoms. The van der Waals surface area contributed by atoms with Crippen LogP contribution in [-0.4, -0.2) is 4.21 Å². The number of rotatable bonds is 3.